The molecule has 7 heteroatoms. The summed E-state index contributed by atoms with van der Waals surface area (Å²) in [4.78, 5) is 1.09. The first-order chi connectivity index (χ1) is 8.56. The van der Waals surface area contributed by atoms with Gasteiger partial charge in [0.05, 0.1) is 0 Å². The molecular formula is C11H14BrN5S. The van der Waals surface area contributed by atoms with Crippen LogP contribution in [0, 0.1) is 0 Å². The molecule has 18 heavy (non-hydrogen) atoms. The van der Waals surface area contributed by atoms with Crippen LogP contribution < -0.4 is 5.73 Å². The fraction of sp³-hybridized carbons (Fsp3) is 0.364. The minimum atomic E-state index is 0.155. The molecule has 1 heterocycles. The maximum Gasteiger partial charge on any atom is 0.213 e. The highest BCUT2D eigenvalue weighted by atomic mass is 79.9. The number of aromatic nitrogens is 4. The van der Waals surface area contributed by atoms with E-state index in [1.165, 1.54) is 17.3 Å². The van der Waals surface area contributed by atoms with Gasteiger partial charge < -0.3 is 5.73 Å². The van der Waals surface area contributed by atoms with Crippen molar-refractivity contribution < 1.29 is 0 Å². The van der Waals surface area contributed by atoms with E-state index in [2.05, 4.69) is 49.7 Å². The standard InChI is InChI=1S/C11H14BrN5S/c1-7(13)5-8-3-4-9(6-10(8)12)18-11-14-15-16-17(11)2/h3-4,6-7H,5,13H2,1-2H3. The van der Waals surface area contributed by atoms with Gasteiger partial charge in [0.1, 0.15) is 0 Å². The van der Waals surface area contributed by atoms with Crippen molar-refractivity contribution in [3.8, 4) is 0 Å². The number of hydrogen-bond acceptors (Lipinski definition) is 5. The summed E-state index contributed by atoms with van der Waals surface area (Å²) in [6, 6.07) is 6.36. The number of hydrogen-bond donors (Lipinski definition) is 1. The molecule has 2 aromatic rings. The predicted octanol–water partition coefficient (Wildman–Crippen LogP) is 2.01. The van der Waals surface area contributed by atoms with E-state index in [-0.39, 0.29) is 6.04 Å². The Kier molecular flexibility index (Phi) is 4.36. The Morgan fingerprint density at radius 3 is 2.83 bits per heavy atom. The molecule has 0 aliphatic rings. The molecule has 0 saturated heterocycles. The molecule has 0 aliphatic heterocycles. The molecule has 0 aliphatic carbocycles. The number of benzene rings is 1. The van der Waals surface area contributed by atoms with Crippen LogP contribution in [0.1, 0.15) is 12.5 Å². The quantitative estimate of drug-likeness (QED) is 0.930. The van der Waals surface area contributed by atoms with Gasteiger partial charge in [-0.3, -0.25) is 0 Å². The lowest BCUT2D eigenvalue weighted by Crippen LogP contribution is -2.17. The van der Waals surface area contributed by atoms with Crippen LogP contribution in [0.4, 0.5) is 0 Å². The molecule has 1 aromatic carbocycles. The van der Waals surface area contributed by atoms with Gasteiger partial charge in [-0.05, 0) is 53.2 Å². The smallest absolute Gasteiger partial charge is 0.213 e. The lowest BCUT2D eigenvalue weighted by Gasteiger charge is -2.09. The van der Waals surface area contributed by atoms with Crippen LogP contribution in [0.5, 0.6) is 0 Å². The number of nitrogens with zero attached hydrogens (tertiary/aromatic N) is 4. The number of tetrazole rings is 1. The van der Waals surface area contributed by atoms with Crippen LogP contribution in [0.2, 0.25) is 0 Å². The lowest BCUT2D eigenvalue weighted by molar-refractivity contribution is 0.664. The lowest BCUT2D eigenvalue weighted by atomic mass is 10.1. The predicted molar refractivity (Wildman–Crippen MR) is 74.4 cm³/mol. The van der Waals surface area contributed by atoms with Crippen LogP contribution >= 0.6 is 27.7 Å². The second-order valence-electron chi connectivity index (χ2n) is 4.12. The van der Waals surface area contributed by atoms with Crippen molar-refractivity contribution in [3.05, 3.63) is 28.2 Å². The largest absolute Gasteiger partial charge is 0.328 e. The Labute approximate surface area is 118 Å². The van der Waals surface area contributed by atoms with Crippen LogP contribution in [-0.4, -0.2) is 26.2 Å². The van der Waals surface area contributed by atoms with Crippen molar-refractivity contribution in [1.82, 2.24) is 20.2 Å². The van der Waals surface area contributed by atoms with Gasteiger partial charge in [-0.2, -0.15) is 0 Å². The van der Waals surface area contributed by atoms with Crippen molar-refractivity contribution >= 4 is 27.7 Å². The van der Waals surface area contributed by atoms with Gasteiger partial charge in [0, 0.05) is 22.5 Å². The molecule has 96 valence electrons. The molecular weight excluding hydrogens is 314 g/mol. The Hall–Kier alpha value is -0.920. The normalized spacial score (nSPS) is 12.7. The average Bonchev–Trinajstić information content (AvgIpc) is 2.68. The second-order valence-corrected chi connectivity index (χ2v) is 6.02. The molecule has 0 fully saturated rings. The summed E-state index contributed by atoms with van der Waals surface area (Å²) in [6.45, 7) is 2.00. The Balaban J connectivity index is 2.16. The molecule has 1 unspecified atom stereocenters. The maximum atomic E-state index is 5.81. The monoisotopic (exact) mass is 327 g/mol. The van der Waals surface area contributed by atoms with Gasteiger partial charge in [0.25, 0.3) is 0 Å². The third kappa shape index (κ3) is 3.30. The molecule has 2 rings (SSSR count). The fourth-order valence-electron chi connectivity index (χ4n) is 1.52. The topological polar surface area (TPSA) is 69.6 Å². The average molecular weight is 328 g/mol. The summed E-state index contributed by atoms with van der Waals surface area (Å²) in [6.07, 6.45) is 0.858. The van der Waals surface area contributed by atoms with Crippen molar-refractivity contribution in [1.29, 1.82) is 0 Å². The van der Waals surface area contributed by atoms with E-state index in [4.69, 9.17) is 5.73 Å². The number of halogens is 1. The summed E-state index contributed by atoms with van der Waals surface area (Å²) in [5.74, 6) is 0. The first-order valence-corrected chi connectivity index (χ1v) is 7.11. The second kappa shape index (κ2) is 5.81. The summed E-state index contributed by atoms with van der Waals surface area (Å²) < 4.78 is 2.72. The van der Waals surface area contributed by atoms with Crippen molar-refractivity contribution in [3.63, 3.8) is 0 Å². The first kappa shape index (κ1) is 13.5. The van der Waals surface area contributed by atoms with E-state index in [1.54, 1.807) is 4.68 Å². The Morgan fingerprint density at radius 1 is 1.50 bits per heavy atom. The molecule has 0 amide bonds. The summed E-state index contributed by atoms with van der Waals surface area (Å²) in [5, 5.41) is 12.1. The number of aryl methyl sites for hydroxylation is 1. The Bertz CT molecular complexity index is 540. The van der Waals surface area contributed by atoms with Crippen molar-refractivity contribution in [2.24, 2.45) is 12.8 Å². The van der Waals surface area contributed by atoms with Crippen LogP contribution in [0.25, 0.3) is 0 Å². The SMILES string of the molecule is CC(N)Cc1ccc(Sc2nnnn2C)cc1Br. The zero-order chi connectivity index (χ0) is 13.1. The molecule has 5 nitrogen and oxygen atoms in total. The van der Waals surface area contributed by atoms with Gasteiger partial charge in [0.15, 0.2) is 0 Å². The zero-order valence-electron chi connectivity index (χ0n) is 10.2. The molecule has 2 N–H and O–H groups in total. The highest BCUT2D eigenvalue weighted by molar-refractivity contribution is 9.10. The number of rotatable bonds is 4. The summed E-state index contributed by atoms with van der Waals surface area (Å²) >= 11 is 5.10. The molecule has 1 atom stereocenters. The van der Waals surface area contributed by atoms with Gasteiger partial charge in [0.2, 0.25) is 5.16 Å². The van der Waals surface area contributed by atoms with Gasteiger partial charge in [-0.15, -0.1) is 5.10 Å². The van der Waals surface area contributed by atoms with E-state index in [9.17, 15) is 0 Å². The molecule has 0 bridgehead atoms. The Morgan fingerprint density at radius 2 is 2.28 bits per heavy atom. The third-order valence-corrected chi connectivity index (χ3v) is 4.11. The van der Waals surface area contributed by atoms with E-state index in [1.807, 2.05) is 14.0 Å². The van der Waals surface area contributed by atoms with Crippen LogP contribution in [-0.2, 0) is 13.5 Å². The van der Waals surface area contributed by atoms with E-state index in [0.717, 1.165) is 20.9 Å². The van der Waals surface area contributed by atoms with E-state index < -0.39 is 0 Å². The van der Waals surface area contributed by atoms with Crippen molar-refractivity contribution in [2.45, 2.75) is 29.4 Å². The fourth-order valence-corrected chi connectivity index (χ4v) is 2.98. The van der Waals surface area contributed by atoms with Crippen molar-refractivity contribution in [2.75, 3.05) is 0 Å². The molecule has 0 spiro atoms. The summed E-state index contributed by atoms with van der Waals surface area (Å²) in [7, 11) is 1.82. The summed E-state index contributed by atoms with van der Waals surface area (Å²) in [5.41, 5.74) is 7.02. The van der Waals surface area contributed by atoms with Gasteiger partial charge in [-0.1, -0.05) is 22.0 Å². The van der Waals surface area contributed by atoms with Gasteiger partial charge >= 0.3 is 0 Å². The highest BCUT2D eigenvalue weighted by Crippen LogP contribution is 2.29. The molecule has 0 saturated carbocycles. The molecule has 0 radical (unpaired) electrons. The molecule has 1 aromatic heterocycles. The van der Waals surface area contributed by atoms with Crippen LogP contribution in [0.3, 0.4) is 0 Å². The van der Waals surface area contributed by atoms with Gasteiger partial charge in [-0.25, -0.2) is 4.68 Å². The van der Waals surface area contributed by atoms with Crippen LogP contribution in [0.15, 0.2) is 32.7 Å². The van der Waals surface area contributed by atoms with E-state index in [0.29, 0.717) is 0 Å². The third-order valence-electron chi connectivity index (χ3n) is 2.36. The first-order valence-electron chi connectivity index (χ1n) is 5.50. The maximum absolute atomic E-state index is 5.81. The van der Waals surface area contributed by atoms with E-state index >= 15 is 0 Å². The highest BCUT2D eigenvalue weighted by Gasteiger charge is 2.08. The minimum Gasteiger partial charge on any atom is -0.328 e. The minimum absolute atomic E-state index is 0.155. The number of nitrogens with two attached hydrogens (primary N) is 1. The zero-order valence-corrected chi connectivity index (χ0v) is 12.6.